The first kappa shape index (κ1) is 20.3. The van der Waals surface area contributed by atoms with Crippen molar-refractivity contribution in [1.82, 2.24) is 0 Å². The van der Waals surface area contributed by atoms with E-state index in [0.717, 1.165) is 9.87 Å². The normalized spacial score (nSPS) is 19.2. The summed E-state index contributed by atoms with van der Waals surface area (Å²) in [6, 6.07) is 12.4. The maximum absolute atomic E-state index is 12.7. The fraction of sp³-hybridized carbons (Fsp3) is 0.316. The van der Waals surface area contributed by atoms with Gasteiger partial charge in [-0.3, -0.25) is 9.52 Å². The third kappa shape index (κ3) is 3.77. The molecule has 9 heteroatoms. The number of anilines is 2. The van der Waals surface area contributed by atoms with E-state index in [0.29, 0.717) is 5.69 Å². The van der Waals surface area contributed by atoms with Crippen LogP contribution in [0, 0.1) is 5.92 Å². The van der Waals surface area contributed by atoms with Gasteiger partial charge >= 0.3 is 0 Å². The second kappa shape index (κ2) is 7.21. The Kier molecular flexibility index (Phi) is 5.24. The Morgan fingerprint density at radius 3 is 2.21 bits per heavy atom. The molecule has 1 saturated heterocycles. The van der Waals surface area contributed by atoms with Crippen LogP contribution in [0.1, 0.15) is 32.3 Å². The van der Waals surface area contributed by atoms with Crippen LogP contribution in [0.4, 0.5) is 11.4 Å². The zero-order valence-corrected chi connectivity index (χ0v) is 17.4. The molecule has 150 valence electrons. The number of benzene rings is 2. The molecule has 0 radical (unpaired) electrons. The molecule has 1 atom stereocenters. The Morgan fingerprint density at radius 2 is 1.68 bits per heavy atom. The number of hydrogen-bond donors (Lipinski definition) is 1. The van der Waals surface area contributed by atoms with Gasteiger partial charge in [0.1, 0.15) is 0 Å². The molecule has 1 N–H and O–H groups in total. The molecular weight excluding hydrogens is 400 g/mol. The number of carbonyl (C=O) groups excluding carboxylic acids is 1. The number of rotatable bonds is 5. The van der Waals surface area contributed by atoms with Gasteiger partial charge < -0.3 is 0 Å². The van der Waals surface area contributed by atoms with E-state index in [-0.39, 0.29) is 22.3 Å². The third-order valence-corrected chi connectivity index (χ3v) is 7.82. The van der Waals surface area contributed by atoms with E-state index in [9.17, 15) is 21.6 Å². The molecule has 1 amide bonds. The van der Waals surface area contributed by atoms with Gasteiger partial charge in [0.15, 0.2) is 0 Å². The minimum absolute atomic E-state index is 0.0214. The molecule has 0 spiro atoms. The van der Waals surface area contributed by atoms with E-state index in [1.54, 1.807) is 19.1 Å². The number of nitrogens with zero attached hydrogens (tertiary/aromatic N) is 1. The minimum Gasteiger partial charge on any atom is -0.279 e. The highest BCUT2D eigenvalue weighted by Gasteiger charge is 2.41. The van der Waals surface area contributed by atoms with E-state index in [2.05, 4.69) is 4.72 Å². The highest BCUT2D eigenvalue weighted by molar-refractivity contribution is 7.94. The van der Waals surface area contributed by atoms with Crippen LogP contribution in [-0.4, -0.2) is 28.5 Å². The highest BCUT2D eigenvalue weighted by atomic mass is 32.2. The van der Waals surface area contributed by atoms with Gasteiger partial charge in [-0.1, -0.05) is 39.0 Å². The van der Waals surface area contributed by atoms with E-state index in [4.69, 9.17) is 0 Å². The number of carbonyl (C=O) groups is 1. The number of sulfonamides is 2. The van der Waals surface area contributed by atoms with Crippen LogP contribution >= 0.6 is 0 Å². The molecule has 0 unspecified atom stereocenters. The van der Waals surface area contributed by atoms with Gasteiger partial charge in [-0.2, -0.15) is 0 Å². The lowest BCUT2D eigenvalue weighted by Crippen LogP contribution is -2.30. The van der Waals surface area contributed by atoms with E-state index in [1.807, 2.05) is 26.0 Å². The summed E-state index contributed by atoms with van der Waals surface area (Å²) in [5, 5.41) is 0. The fourth-order valence-corrected chi connectivity index (χ4v) is 6.05. The molecule has 0 aliphatic carbocycles. The summed E-state index contributed by atoms with van der Waals surface area (Å²) in [5.41, 5.74) is 1.49. The second-order valence-electron chi connectivity index (χ2n) is 7.12. The third-order valence-electron chi connectivity index (χ3n) is 4.57. The highest BCUT2D eigenvalue weighted by Crippen LogP contribution is 2.30. The SMILES string of the molecule is CC(C)c1ccccc1NS(=O)(=O)c1ccc(N2C(=O)[C@@H](C)CS2(=O)=O)cc1. The van der Waals surface area contributed by atoms with Crippen molar-refractivity contribution in [1.29, 1.82) is 0 Å². The summed E-state index contributed by atoms with van der Waals surface area (Å²) in [6.07, 6.45) is 0. The predicted molar refractivity (Wildman–Crippen MR) is 108 cm³/mol. The van der Waals surface area contributed by atoms with Crippen molar-refractivity contribution in [3.63, 3.8) is 0 Å². The van der Waals surface area contributed by atoms with Crippen molar-refractivity contribution >= 4 is 37.3 Å². The van der Waals surface area contributed by atoms with Crippen molar-refractivity contribution in [2.24, 2.45) is 5.92 Å². The molecule has 28 heavy (non-hydrogen) atoms. The smallest absolute Gasteiger partial charge is 0.261 e. The van der Waals surface area contributed by atoms with Gasteiger partial charge in [-0.05, 0) is 41.8 Å². The average Bonchev–Trinajstić information content (AvgIpc) is 2.82. The first-order chi connectivity index (χ1) is 13.0. The van der Waals surface area contributed by atoms with Crippen LogP contribution in [0.5, 0.6) is 0 Å². The lowest BCUT2D eigenvalue weighted by atomic mass is 10.0. The van der Waals surface area contributed by atoms with Gasteiger partial charge in [0.25, 0.3) is 10.0 Å². The van der Waals surface area contributed by atoms with Crippen molar-refractivity contribution in [3.8, 4) is 0 Å². The summed E-state index contributed by atoms with van der Waals surface area (Å²) >= 11 is 0. The molecule has 1 aliphatic rings. The van der Waals surface area contributed by atoms with Gasteiger partial charge in [0.05, 0.1) is 27.9 Å². The van der Waals surface area contributed by atoms with E-state index < -0.39 is 31.9 Å². The number of para-hydroxylation sites is 1. The Hall–Kier alpha value is -2.39. The Bertz CT molecular complexity index is 1110. The number of amides is 1. The molecule has 3 rings (SSSR count). The Labute approximate surface area is 165 Å². The first-order valence-electron chi connectivity index (χ1n) is 8.81. The van der Waals surface area contributed by atoms with Crippen LogP contribution in [0.3, 0.4) is 0 Å². The van der Waals surface area contributed by atoms with Crippen LogP contribution in [0.15, 0.2) is 53.4 Å². The van der Waals surface area contributed by atoms with E-state index in [1.165, 1.54) is 24.3 Å². The van der Waals surface area contributed by atoms with Gasteiger partial charge in [0.2, 0.25) is 15.9 Å². The van der Waals surface area contributed by atoms with Crippen LogP contribution in [0.25, 0.3) is 0 Å². The topological polar surface area (TPSA) is 101 Å². The molecule has 0 bridgehead atoms. The summed E-state index contributed by atoms with van der Waals surface area (Å²) in [7, 11) is -7.60. The largest absolute Gasteiger partial charge is 0.279 e. The molecule has 1 fully saturated rings. The molecule has 0 saturated carbocycles. The molecular formula is C19H22N2O5S2. The zero-order valence-electron chi connectivity index (χ0n) is 15.8. The zero-order chi connectivity index (χ0) is 20.7. The lowest BCUT2D eigenvalue weighted by molar-refractivity contribution is -0.119. The summed E-state index contributed by atoms with van der Waals surface area (Å²) in [4.78, 5) is 12.1. The maximum atomic E-state index is 12.7. The second-order valence-corrected chi connectivity index (χ2v) is 10.7. The molecule has 2 aromatic carbocycles. The lowest BCUT2D eigenvalue weighted by Gasteiger charge is -2.17. The first-order valence-corrected chi connectivity index (χ1v) is 11.9. The predicted octanol–water partition coefficient (Wildman–Crippen LogP) is 2.92. The minimum atomic E-state index is -3.87. The van der Waals surface area contributed by atoms with Crippen LogP contribution in [0.2, 0.25) is 0 Å². The monoisotopic (exact) mass is 422 g/mol. The maximum Gasteiger partial charge on any atom is 0.261 e. The van der Waals surface area contributed by atoms with Crippen LogP contribution in [-0.2, 0) is 24.8 Å². The van der Waals surface area contributed by atoms with Crippen molar-refractivity contribution in [2.45, 2.75) is 31.6 Å². The Balaban J connectivity index is 1.90. The van der Waals surface area contributed by atoms with E-state index >= 15 is 0 Å². The summed E-state index contributed by atoms with van der Waals surface area (Å²) in [6.45, 7) is 5.49. The van der Waals surface area contributed by atoms with Gasteiger partial charge in [0, 0.05) is 0 Å². The standard InChI is InChI=1S/C19H22N2O5S2/c1-13(2)17-6-4-5-7-18(17)20-28(25,26)16-10-8-15(9-11-16)21-19(22)14(3)12-27(21,23)24/h4-11,13-14,20H,12H2,1-3H3/t14-/m0/s1. The molecule has 0 aromatic heterocycles. The fourth-order valence-electron chi connectivity index (χ4n) is 3.14. The van der Waals surface area contributed by atoms with Crippen LogP contribution < -0.4 is 9.03 Å². The summed E-state index contributed by atoms with van der Waals surface area (Å²) in [5.74, 6) is -1.25. The summed E-state index contributed by atoms with van der Waals surface area (Å²) < 4.78 is 53.2. The molecule has 1 heterocycles. The average molecular weight is 423 g/mol. The molecule has 2 aromatic rings. The molecule has 1 aliphatic heterocycles. The van der Waals surface area contributed by atoms with Gasteiger partial charge in [-0.15, -0.1) is 0 Å². The number of nitrogens with one attached hydrogen (secondary N) is 1. The molecule has 7 nitrogen and oxygen atoms in total. The van der Waals surface area contributed by atoms with Crippen molar-refractivity contribution in [2.75, 3.05) is 14.8 Å². The quantitative estimate of drug-likeness (QED) is 0.798. The Morgan fingerprint density at radius 1 is 1.07 bits per heavy atom. The van der Waals surface area contributed by atoms with Crippen molar-refractivity contribution in [3.05, 3.63) is 54.1 Å². The number of hydrogen-bond acceptors (Lipinski definition) is 5. The van der Waals surface area contributed by atoms with Crippen molar-refractivity contribution < 1.29 is 21.6 Å². The van der Waals surface area contributed by atoms with Gasteiger partial charge in [-0.25, -0.2) is 21.1 Å².